The van der Waals surface area contributed by atoms with Crippen LogP contribution in [-0.4, -0.2) is 54.9 Å². The van der Waals surface area contributed by atoms with Crippen LogP contribution in [0.2, 0.25) is 0 Å². The van der Waals surface area contributed by atoms with Crippen molar-refractivity contribution in [3.8, 4) is 6.07 Å². The Bertz CT molecular complexity index is 722. The van der Waals surface area contributed by atoms with Gasteiger partial charge in [0.25, 0.3) is 0 Å². The average molecular weight is 580 g/mol. The number of aryl methyl sites for hydroxylation is 1. The van der Waals surface area contributed by atoms with Crippen molar-refractivity contribution in [1.82, 2.24) is 25.9 Å². The molecule has 0 saturated carbocycles. The Morgan fingerprint density at radius 2 is 1.22 bits per heavy atom. The molecule has 0 radical (unpaired) electrons. The molecule has 9 heteroatoms. The highest BCUT2D eigenvalue weighted by molar-refractivity contribution is 5.80. The SMILES string of the molecule is C=C(C)C.C=C(C)N.C=C(C)NC.CC.CC.CC.CC#N.CC1=NCCCN1.CC1=NCCN1.Cc1ncc[nH]1. The van der Waals surface area contributed by atoms with Gasteiger partial charge < -0.3 is 26.7 Å². The van der Waals surface area contributed by atoms with Gasteiger partial charge in [-0.3, -0.25) is 9.98 Å². The number of nitrogens with one attached hydrogen (secondary N) is 4. The van der Waals surface area contributed by atoms with Gasteiger partial charge in [-0.2, -0.15) is 5.26 Å². The van der Waals surface area contributed by atoms with Crippen molar-refractivity contribution in [1.29, 1.82) is 5.26 Å². The summed E-state index contributed by atoms with van der Waals surface area (Å²) in [6, 6.07) is 1.75. The zero-order chi connectivity index (χ0) is 34.1. The van der Waals surface area contributed by atoms with Crippen LogP contribution < -0.4 is 21.7 Å². The number of nitrogens with two attached hydrogens (primary N) is 1. The lowest BCUT2D eigenvalue weighted by Crippen LogP contribution is -2.26. The molecule has 0 unspecified atom stereocenters. The van der Waals surface area contributed by atoms with E-state index in [1.54, 1.807) is 25.4 Å². The monoisotopic (exact) mass is 580 g/mol. The number of aromatic nitrogens is 2. The molecule has 0 aromatic carbocycles. The Hall–Kier alpha value is -3.54. The van der Waals surface area contributed by atoms with Crippen molar-refractivity contribution in [3.05, 3.63) is 54.9 Å². The van der Waals surface area contributed by atoms with E-state index in [-0.39, 0.29) is 0 Å². The third-order valence-corrected chi connectivity index (χ3v) is 2.97. The van der Waals surface area contributed by atoms with E-state index in [0.717, 1.165) is 49.4 Å². The van der Waals surface area contributed by atoms with Crippen molar-refractivity contribution in [2.45, 2.75) is 103 Å². The summed E-state index contributed by atoms with van der Waals surface area (Å²) in [7, 11) is 1.85. The second-order valence-corrected chi connectivity index (χ2v) is 7.62. The molecule has 0 atom stereocenters. The Morgan fingerprint density at radius 1 is 0.878 bits per heavy atom. The molecule has 6 N–H and O–H groups in total. The van der Waals surface area contributed by atoms with Crippen molar-refractivity contribution < 1.29 is 0 Å². The number of amidine groups is 2. The first-order valence-corrected chi connectivity index (χ1v) is 14.5. The number of aromatic amines is 1. The first kappa shape index (κ1) is 53.7. The maximum Gasteiger partial charge on any atom is 0.102 e. The van der Waals surface area contributed by atoms with Crippen molar-refractivity contribution in [2.24, 2.45) is 15.7 Å². The number of allylic oxidation sites excluding steroid dienone is 3. The van der Waals surface area contributed by atoms with Gasteiger partial charge in [-0.25, -0.2) is 4.98 Å². The molecule has 0 bridgehead atoms. The number of rotatable bonds is 1. The van der Waals surface area contributed by atoms with Crippen LogP contribution in [0.5, 0.6) is 0 Å². The molecular weight excluding hydrogens is 510 g/mol. The highest BCUT2D eigenvalue weighted by atomic mass is 15.1. The van der Waals surface area contributed by atoms with Gasteiger partial charge >= 0.3 is 0 Å². The molecule has 9 nitrogen and oxygen atoms in total. The number of nitriles is 1. The third kappa shape index (κ3) is 103. The third-order valence-electron chi connectivity index (χ3n) is 2.97. The molecule has 0 aliphatic carbocycles. The maximum atomic E-state index is 7.32. The van der Waals surface area contributed by atoms with Crippen molar-refractivity contribution in [2.75, 3.05) is 33.2 Å². The summed E-state index contributed by atoms with van der Waals surface area (Å²) in [6.45, 7) is 41.5. The van der Waals surface area contributed by atoms with Gasteiger partial charge in [0.1, 0.15) is 5.82 Å². The zero-order valence-corrected chi connectivity index (χ0v) is 29.7. The Kier molecular flexibility index (Phi) is 69.1. The topological polar surface area (TPSA) is 139 Å². The van der Waals surface area contributed by atoms with Crippen LogP contribution in [0.25, 0.3) is 0 Å². The van der Waals surface area contributed by atoms with E-state index >= 15 is 0 Å². The van der Waals surface area contributed by atoms with Crippen LogP contribution in [0, 0.1) is 18.3 Å². The quantitative estimate of drug-likeness (QED) is 0.218. The van der Waals surface area contributed by atoms with Gasteiger partial charge in [0.15, 0.2) is 0 Å². The second kappa shape index (κ2) is 52.8. The van der Waals surface area contributed by atoms with Gasteiger partial charge in [-0.15, -0.1) is 6.58 Å². The predicted molar refractivity (Wildman–Crippen MR) is 189 cm³/mol. The normalized spacial score (nSPS) is 10.4. The van der Waals surface area contributed by atoms with Crippen LogP contribution in [-0.2, 0) is 0 Å². The Labute approximate surface area is 256 Å². The summed E-state index contributed by atoms with van der Waals surface area (Å²) >= 11 is 0. The zero-order valence-electron chi connectivity index (χ0n) is 29.7. The molecule has 0 spiro atoms. The average Bonchev–Trinajstić information content (AvgIpc) is 3.62. The first-order valence-electron chi connectivity index (χ1n) is 14.5. The summed E-state index contributed by atoms with van der Waals surface area (Å²) in [5.41, 5.74) is 7.75. The van der Waals surface area contributed by atoms with Crippen molar-refractivity contribution >= 4 is 11.7 Å². The molecule has 0 fully saturated rings. The summed E-state index contributed by atoms with van der Waals surface area (Å²) < 4.78 is 0. The molecule has 3 heterocycles. The number of nitrogens with zero attached hydrogens (tertiary/aromatic N) is 4. The number of hydrogen-bond donors (Lipinski definition) is 5. The lowest BCUT2D eigenvalue weighted by Gasteiger charge is -2.08. The molecule has 0 saturated heterocycles. The number of imidazole rings is 1. The second-order valence-electron chi connectivity index (χ2n) is 7.62. The van der Waals surface area contributed by atoms with Gasteiger partial charge in [0.2, 0.25) is 0 Å². The Morgan fingerprint density at radius 3 is 1.32 bits per heavy atom. The minimum absolute atomic E-state index is 0.667. The lowest BCUT2D eigenvalue weighted by atomic mass is 10.4. The Balaban J connectivity index is -0.0000000647. The number of aliphatic imine (C=N–C) groups is 2. The van der Waals surface area contributed by atoms with E-state index in [1.807, 2.05) is 90.1 Å². The first-order chi connectivity index (χ1) is 19.3. The van der Waals surface area contributed by atoms with Crippen LogP contribution in [0.15, 0.2) is 59.1 Å². The van der Waals surface area contributed by atoms with E-state index in [4.69, 9.17) is 11.0 Å². The van der Waals surface area contributed by atoms with E-state index in [1.165, 1.54) is 18.9 Å². The molecular formula is C32H69N9. The van der Waals surface area contributed by atoms with Crippen molar-refractivity contribution in [3.63, 3.8) is 0 Å². The van der Waals surface area contributed by atoms with Crippen LogP contribution >= 0.6 is 0 Å². The number of H-pyrrole nitrogens is 1. The van der Waals surface area contributed by atoms with Crippen LogP contribution in [0.1, 0.15) is 102 Å². The van der Waals surface area contributed by atoms with E-state index in [0.29, 0.717) is 5.70 Å². The molecule has 1 aromatic rings. The lowest BCUT2D eigenvalue weighted by molar-refractivity contribution is 0.739. The standard InChI is InChI=1S/C5H10N2.C4H8N2.C4H6N2.C4H9N.C4H8.C3H7N.C2H3N.3C2H6/c1-5-6-3-2-4-7-5;2*1-4-5-2-3-6-4;1-4(2)5-3;1-4(2)3;1-3(2)4;1-2-3;3*1-2/h2-4H2,1H3,(H,6,7);2-3H2,1H3,(H,5,6);2-3H,1H3,(H,5,6);5H,1H2,2-3H3;1H2,2-3H3;1,4H2,2H3;1H3;3*1-2H3. The molecule has 0 amide bonds. The largest absolute Gasteiger partial charge is 0.403 e. The minimum atomic E-state index is 0.667. The smallest absolute Gasteiger partial charge is 0.102 e. The molecule has 2 aliphatic rings. The number of hydrogen-bond acceptors (Lipinski definition) is 8. The predicted octanol–water partition coefficient (Wildman–Crippen LogP) is 7.53. The molecule has 1 aromatic heterocycles. The van der Waals surface area contributed by atoms with Gasteiger partial charge in [-0.05, 0) is 66.3 Å². The molecule has 2 aliphatic heterocycles. The summed E-state index contributed by atoms with van der Waals surface area (Å²) in [5, 5.41) is 16.4. The molecule has 41 heavy (non-hydrogen) atoms. The minimum Gasteiger partial charge on any atom is -0.403 e. The fourth-order valence-electron chi connectivity index (χ4n) is 1.51. The molecule has 3 rings (SSSR count). The van der Waals surface area contributed by atoms with E-state index < -0.39 is 0 Å². The molecule has 242 valence electrons. The van der Waals surface area contributed by atoms with Crippen LogP contribution in [0.3, 0.4) is 0 Å². The summed E-state index contributed by atoms with van der Waals surface area (Å²) in [5.74, 6) is 3.14. The van der Waals surface area contributed by atoms with Gasteiger partial charge in [-0.1, -0.05) is 60.3 Å². The highest BCUT2D eigenvalue weighted by Crippen LogP contribution is 1.86. The van der Waals surface area contributed by atoms with E-state index in [9.17, 15) is 0 Å². The summed E-state index contributed by atoms with van der Waals surface area (Å²) in [6.07, 6.45) is 4.72. The van der Waals surface area contributed by atoms with Gasteiger partial charge in [0, 0.05) is 46.0 Å². The fraction of sp³-hybridized carbons (Fsp3) is 0.625. The van der Waals surface area contributed by atoms with Crippen LogP contribution in [0.4, 0.5) is 0 Å². The summed E-state index contributed by atoms with van der Waals surface area (Å²) in [4.78, 5) is 14.9. The van der Waals surface area contributed by atoms with Gasteiger partial charge in [0.05, 0.1) is 24.3 Å². The maximum absolute atomic E-state index is 7.32. The van der Waals surface area contributed by atoms with E-state index in [2.05, 4.69) is 55.6 Å². The highest BCUT2D eigenvalue weighted by Gasteiger charge is 1.94. The fourth-order valence-corrected chi connectivity index (χ4v) is 1.51.